The number of carbonyl (C=O) groups is 1. The van der Waals surface area contributed by atoms with Crippen LogP contribution in [0.4, 0.5) is 5.88 Å². The summed E-state index contributed by atoms with van der Waals surface area (Å²) in [4.78, 5) is 20.3. The number of aromatic nitrogens is 4. The molecule has 0 atom stereocenters. The molecule has 3 rings (SSSR count). The summed E-state index contributed by atoms with van der Waals surface area (Å²) in [5, 5.41) is 18.1. The van der Waals surface area contributed by atoms with Gasteiger partial charge in [-0.15, -0.1) is 10.2 Å². The number of anilines is 1. The van der Waals surface area contributed by atoms with Crippen molar-refractivity contribution in [2.24, 2.45) is 7.05 Å². The van der Waals surface area contributed by atoms with Crippen molar-refractivity contribution in [2.75, 3.05) is 36.8 Å². The van der Waals surface area contributed by atoms with E-state index in [-0.39, 0.29) is 5.91 Å². The van der Waals surface area contributed by atoms with E-state index in [9.17, 15) is 4.79 Å². The number of amides is 1. The lowest BCUT2D eigenvalue weighted by molar-refractivity contribution is -0.128. The molecule has 0 unspecified atom stereocenters. The number of nitriles is 1. The van der Waals surface area contributed by atoms with E-state index in [0.717, 1.165) is 17.4 Å². The topological polar surface area (TPSA) is 104 Å². The first-order chi connectivity index (χ1) is 12.5. The Labute approximate surface area is 156 Å². The Morgan fingerprint density at radius 2 is 2.04 bits per heavy atom. The first-order valence-corrected chi connectivity index (χ1v) is 9.43. The first-order valence-electron chi connectivity index (χ1n) is 8.44. The van der Waals surface area contributed by atoms with Gasteiger partial charge >= 0.3 is 0 Å². The number of carbonyl (C=O) groups excluding carboxylic acids is 1. The summed E-state index contributed by atoms with van der Waals surface area (Å²) in [7, 11) is 1.91. The van der Waals surface area contributed by atoms with Crippen LogP contribution in [0, 0.1) is 18.3 Å². The fraction of sp³-hybridized carbons (Fsp3) is 0.562. The third-order valence-corrected chi connectivity index (χ3v) is 5.31. The lowest BCUT2D eigenvalue weighted by Crippen LogP contribution is -2.49. The van der Waals surface area contributed by atoms with Crippen molar-refractivity contribution in [1.29, 1.82) is 5.26 Å². The molecule has 0 saturated carbocycles. The predicted molar refractivity (Wildman–Crippen MR) is 95.9 cm³/mol. The van der Waals surface area contributed by atoms with Crippen LogP contribution < -0.4 is 4.90 Å². The molecular formula is C16H21N7O2S. The van der Waals surface area contributed by atoms with Crippen molar-refractivity contribution in [3.8, 4) is 6.07 Å². The van der Waals surface area contributed by atoms with Gasteiger partial charge in [-0.2, -0.15) is 5.26 Å². The Morgan fingerprint density at radius 1 is 1.31 bits per heavy atom. The number of aryl methyl sites for hydroxylation is 2. The van der Waals surface area contributed by atoms with Crippen LogP contribution in [0.25, 0.3) is 0 Å². The highest BCUT2D eigenvalue weighted by atomic mass is 32.2. The fourth-order valence-corrected chi connectivity index (χ4v) is 3.69. The molecule has 1 aliphatic rings. The highest BCUT2D eigenvalue weighted by Crippen LogP contribution is 2.23. The van der Waals surface area contributed by atoms with Gasteiger partial charge in [-0.3, -0.25) is 4.79 Å². The molecule has 0 aliphatic carbocycles. The second-order valence-corrected chi connectivity index (χ2v) is 6.91. The van der Waals surface area contributed by atoms with Crippen LogP contribution in [0.1, 0.15) is 24.3 Å². The van der Waals surface area contributed by atoms with Gasteiger partial charge in [0, 0.05) is 46.6 Å². The number of rotatable bonds is 5. The van der Waals surface area contributed by atoms with E-state index in [4.69, 9.17) is 9.68 Å². The van der Waals surface area contributed by atoms with Gasteiger partial charge in [0.2, 0.25) is 17.5 Å². The van der Waals surface area contributed by atoms with Gasteiger partial charge in [-0.25, -0.2) is 4.98 Å². The molecule has 0 N–H and O–H groups in total. The largest absolute Gasteiger partial charge is 0.424 e. The molecule has 138 valence electrons. The summed E-state index contributed by atoms with van der Waals surface area (Å²) in [6.07, 6.45) is 0.811. The van der Waals surface area contributed by atoms with Crippen molar-refractivity contribution in [3.63, 3.8) is 0 Å². The number of piperazine rings is 1. The molecule has 2 aromatic heterocycles. The minimum absolute atomic E-state index is 0.0740. The zero-order valence-corrected chi connectivity index (χ0v) is 15.9. The van der Waals surface area contributed by atoms with E-state index in [0.29, 0.717) is 49.4 Å². The monoisotopic (exact) mass is 375 g/mol. The highest BCUT2D eigenvalue weighted by molar-refractivity contribution is 7.99. The fourth-order valence-electron chi connectivity index (χ4n) is 2.86. The van der Waals surface area contributed by atoms with Crippen molar-refractivity contribution in [3.05, 3.63) is 17.4 Å². The zero-order valence-electron chi connectivity index (χ0n) is 15.1. The number of thioether (sulfide) groups is 1. The van der Waals surface area contributed by atoms with Crippen LogP contribution >= 0.6 is 11.8 Å². The molecule has 1 aliphatic heterocycles. The highest BCUT2D eigenvalue weighted by Gasteiger charge is 2.26. The number of hydrogen-bond acceptors (Lipinski definition) is 8. The van der Waals surface area contributed by atoms with Crippen molar-refractivity contribution in [2.45, 2.75) is 25.4 Å². The summed E-state index contributed by atoms with van der Waals surface area (Å²) < 4.78 is 7.46. The summed E-state index contributed by atoms with van der Waals surface area (Å²) >= 11 is 1.40. The van der Waals surface area contributed by atoms with Crippen molar-refractivity contribution >= 4 is 23.6 Å². The van der Waals surface area contributed by atoms with Gasteiger partial charge in [0.1, 0.15) is 11.9 Å². The van der Waals surface area contributed by atoms with Gasteiger partial charge in [0.25, 0.3) is 0 Å². The lowest BCUT2D eigenvalue weighted by atomic mass is 10.3. The van der Waals surface area contributed by atoms with E-state index >= 15 is 0 Å². The Balaban J connectivity index is 1.53. The predicted octanol–water partition coefficient (Wildman–Crippen LogP) is 0.986. The Hall–Kier alpha value is -2.54. The lowest BCUT2D eigenvalue weighted by Gasteiger charge is -2.34. The zero-order chi connectivity index (χ0) is 18.7. The van der Waals surface area contributed by atoms with Crippen LogP contribution in [-0.2, 0) is 18.3 Å². The molecule has 0 radical (unpaired) electrons. The summed E-state index contributed by atoms with van der Waals surface area (Å²) in [5.74, 6) is 2.29. The van der Waals surface area contributed by atoms with Crippen LogP contribution in [0.15, 0.2) is 9.57 Å². The smallest absolute Gasteiger partial charge is 0.234 e. The second-order valence-electron chi connectivity index (χ2n) is 5.97. The molecule has 9 nitrogen and oxygen atoms in total. The molecule has 2 aromatic rings. The van der Waals surface area contributed by atoms with Gasteiger partial charge < -0.3 is 18.8 Å². The van der Waals surface area contributed by atoms with E-state index in [1.54, 1.807) is 6.92 Å². The van der Waals surface area contributed by atoms with Crippen molar-refractivity contribution < 1.29 is 9.21 Å². The maximum absolute atomic E-state index is 12.5. The van der Waals surface area contributed by atoms with Crippen LogP contribution in [0.5, 0.6) is 0 Å². The maximum atomic E-state index is 12.5. The molecule has 1 amide bonds. The molecule has 10 heteroatoms. The van der Waals surface area contributed by atoms with Crippen LogP contribution in [0.3, 0.4) is 0 Å². The quantitative estimate of drug-likeness (QED) is 0.713. The van der Waals surface area contributed by atoms with Gasteiger partial charge in [-0.1, -0.05) is 18.7 Å². The van der Waals surface area contributed by atoms with E-state index in [1.165, 1.54) is 11.8 Å². The third-order valence-electron chi connectivity index (χ3n) is 4.31. The molecule has 0 spiro atoms. The number of oxazole rings is 1. The average Bonchev–Trinajstić information content (AvgIpc) is 3.21. The summed E-state index contributed by atoms with van der Waals surface area (Å²) in [6, 6.07) is 2.05. The summed E-state index contributed by atoms with van der Waals surface area (Å²) in [5.41, 5.74) is 0.298. The second kappa shape index (κ2) is 7.78. The Bertz CT molecular complexity index is 830. The third kappa shape index (κ3) is 3.67. The van der Waals surface area contributed by atoms with Gasteiger partial charge in [0.05, 0.1) is 5.75 Å². The SMILES string of the molecule is CCc1nnc(SCC(=O)N2CCN(c3oc(C)nc3C#N)CC2)n1C. The molecule has 3 heterocycles. The summed E-state index contributed by atoms with van der Waals surface area (Å²) in [6.45, 7) is 6.15. The standard InChI is InChI=1S/C16H21N7O2S/c1-4-13-19-20-16(21(13)3)26-10-14(24)22-5-7-23(8-6-22)15-12(9-17)18-11(2)25-15/h4-8,10H2,1-3H3. The van der Waals surface area contributed by atoms with E-state index < -0.39 is 0 Å². The van der Waals surface area contributed by atoms with E-state index in [2.05, 4.69) is 21.3 Å². The Kier molecular flexibility index (Phi) is 5.46. The molecular weight excluding hydrogens is 354 g/mol. The minimum atomic E-state index is 0.0740. The number of hydrogen-bond donors (Lipinski definition) is 0. The van der Waals surface area contributed by atoms with Crippen LogP contribution in [0.2, 0.25) is 0 Å². The van der Waals surface area contributed by atoms with E-state index in [1.807, 2.05) is 28.3 Å². The molecule has 1 fully saturated rings. The minimum Gasteiger partial charge on any atom is -0.424 e. The van der Waals surface area contributed by atoms with Gasteiger partial charge in [-0.05, 0) is 0 Å². The van der Waals surface area contributed by atoms with Crippen molar-refractivity contribution in [1.82, 2.24) is 24.6 Å². The first kappa shape index (κ1) is 18.3. The number of nitrogens with zero attached hydrogens (tertiary/aromatic N) is 7. The molecule has 1 saturated heterocycles. The molecule has 0 bridgehead atoms. The normalized spacial score (nSPS) is 14.5. The molecule has 0 aromatic carbocycles. The molecule has 26 heavy (non-hydrogen) atoms. The van der Waals surface area contributed by atoms with Crippen LogP contribution in [-0.4, -0.2) is 62.5 Å². The average molecular weight is 375 g/mol. The Morgan fingerprint density at radius 3 is 2.65 bits per heavy atom. The maximum Gasteiger partial charge on any atom is 0.234 e. The van der Waals surface area contributed by atoms with Gasteiger partial charge in [0.15, 0.2) is 11.0 Å².